The molecule has 0 amide bonds. The highest BCUT2D eigenvalue weighted by Gasteiger charge is 2.04. The molecule has 0 bridgehead atoms. The van der Waals surface area contributed by atoms with Gasteiger partial charge < -0.3 is 14.6 Å². The van der Waals surface area contributed by atoms with Crippen molar-refractivity contribution in [2.75, 3.05) is 20.2 Å². The summed E-state index contributed by atoms with van der Waals surface area (Å²) >= 11 is 0. The van der Waals surface area contributed by atoms with Crippen LogP contribution < -0.4 is 5.32 Å². The molecule has 0 aromatic carbocycles. The van der Waals surface area contributed by atoms with Gasteiger partial charge >= 0.3 is 0 Å². The number of hydrogen-bond acceptors (Lipinski definition) is 5. The number of ether oxygens (including phenoxy) is 1. The van der Waals surface area contributed by atoms with Crippen molar-refractivity contribution in [2.45, 2.75) is 20.0 Å². The minimum absolute atomic E-state index is 0.406. The fraction of sp³-hybridized carbons (Fsp3) is 0.750. The Morgan fingerprint density at radius 3 is 3.08 bits per heavy atom. The second-order valence-electron chi connectivity index (χ2n) is 2.60. The van der Waals surface area contributed by atoms with Gasteiger partial charge in [-0.05, 0) is 14.0 Å². The molecular formula is C8H15N3O2. The van der Waals surface area contributed by atoms with Gasteiger partial charge in [0.25, 0.3) is 5.89 Å². The lowest BCUT2D eigenvalue weighted by Gasteiger charge is -1.92. The molecule has 0 aliphatic rings. The van der Waals surface area contributed by atoms with Gasteiger partial charge in [0.1, 0.15) is 6.61 Å². The third-order valence-electron chi connectivity index (χ3n) is 1.54. The van der Waals surface area contributed by atoms with Gasteiger partial charge in [0.05, 0.1) is 0 Å². The lowest BCUT2D eigenvalue weighted by molar-refractivity contribution is 0.109. The van der Waals surface area contributed by atoms with E-state index in [1.165, 1.54) is 0 Å². The number of nitrogens with one attached hydrogen (secondary N) is 1. The standard InChI is InChI=1S/C8H15N3O2/c1-3-12-6-8-10-7(11-13-8)4-5-9-2/h9H,3-6H2,1-2H3. The number of aromatic nitrogens is 2. The summed E-state index contributed by atoms with van der Waals surface area (Å²) in [6, 6.07) is 0. The number of nitrogens with zero attached hydrogens (tertiary/aromatic N) is 2. The smallest absolute Gasteiger partial charge is 0.252 e. The molecule has 0 unspecified atom stereocenters. The minimum Gasteiger partial charge on any atom is -0.372 e. The van der Waals surface area contributed by atoms with Crippen molar-refractivity contribution in [1.82, 2.24) is 15.5 Å². The molecule has 1 aromatic heterocycles. The number of likely N-dealkylation sites (N-methyl/N-ethyl adjacent to an activating group) is 1. The summed E-state index contributed by atoms with van der Waals surface area (Å²) in [5.41, 5.74) is 0. The van der Waals surface area contributed by atoms with Crippen molar-refractivity contribution in [3.8, 4) is 0 Å². The monoisotopic (exact) mass is 185 g/mol. The first-order valence-electron chi connectivity index (χ1n) is 4.40. The molecule has 0 aliphatic carbocycles. The Hall–Kier alpha value is -0.940. The molecule has 13 heavy (non-hydrogen) atoms. The molecule has 1 aromatic rings. The maximum Gasteiger partial charge on any atom is 0.252 e. The Morgan fingerprint density at radius 2 is 2.38 bits per heavy atom. The summed E-state index contributed by atoms with van der Waals surface area (Å²) in [6.07, 6.45) is 0.784. The van der Waals surface area contributed by atoms with Gasteiger partial charge in [0.15, 0.2) is 5.82 Å². The van der Waals surface area contributed by atoms with Crippen LogP contribution >= 0.6 is 0 Å². The molecule has 0 fully saturated rings. The molecule has 74 valence electrons. The van der Waals surface area contributed by atoms with Gasteiger partial charge in [0.2, 0.25) is 0 Å². The van der Waals surface area contributed by atoms with Crippen LogP contribution in [0.3, 0.4) is 0 Å². The lowest BCUT2D eigenvalue weighted by atomic mass is 10.4. The predicted molar refractivity (Wildman–Crippen MR) is 47.3 cm³/mol. The van der Waals surface area contributed by atoms with E-state index in [1.807, 2.05) is 14.0 Å². The largest absolute Gasteiger partial charge is 0.372 e. The van der Waals surface area contributed by atoms with Gasteiger partial charge in [-0.2, -0.15) is 4.98 Å². The third kappa shape index (κ3) is 3.52. The summed E-state index contributed by atoms with van der Waals surface area (Å²) in [4.78, 5) is 4.14. The zero-order chi connectivity index (χ0) is 9.52. The van der Waals surface area contributed by atoms with Crippen LogP contribution in [0.2, 0.25) is 0 Å². The Morgan fingerprint density at radius 1 is 1.54 bits per heavy atom. The molecule has 5 heteroatoms. The molecule has 0 saturated carbocycles. The SMILES string of the molecule is CCOCc1nc(CCNC)no1. The third-order valence-corrected chi connectivity index (χ3v) is 1.54. The van der Waals surface area contributed by atoms with Crippen molar-refractivity contribution < 1.29 is 9.26 Å². The predicted octanol–water partition coefficient (Wildman–Crippen LogP) is 0.368. The zero-order valence-electron chi connectivity index (χ0n) is 8.04. The quantitative estimate of drug-likeness (QED) is 0.693. The Bertz CT molecular complexity index is 215. The summed E-state index contributed by atoms with van der Waals surface area (Å²) in [5.74, 6) is 1.28. The first-order chi connectivity index (χ1) is 6.36. The van der Waals surface area contributed by atoms with Gasteiger partial charge in [-0.1, -0.05) is 5.16 Å². The van der Waals surface area contributed by atoms with E-state index in [-0.39, 0.29) is 0 Å². The van der Waals surface area contributed by atoms with Gasteiger partial charge in [-0.25, -0.2) is 0 Å². The van der Waals surface area contributed by atoms with Crippen molar-refractivity contribution >= 4 is 0 Å². The maximum absolute atomic E-state index is 5.13. The average molecular weight is 185 g/mol. The topological polar surface area (TPSA) is 60.2 Å². The Kier molecular flexibility index (Phi) is 4.42. The molecule has 5 nitrogen and oxygen atoms in total. The first kappa shape index (κ1) is 10.1. The van der Waals surface area contributed by atoms with E-state index >= 15 is 0 Å². The van der Waals surface area contributed by atoms with Gasteiger partial charge in [0, 0.05) is 19.6 Å². The van der Waals surface area contributed by atoms with Crippen molar-refractivity contribution in [1.29, 1.82) is 0 Å². The van der Waals surface area contributed by atoms with E-state index in [4.69, 9.17) is 9.26 Å². The summed E-state index contributed by atoms with van der Waals surface area (Å²) in [5, 5.41) is 6.82. The first-order valence-corrected chi connectivity index (χ1v) is 4.40. The van der Waals surface area contributed by atoms with Crippen LogP contribution in [0.5, 0.6) is 0 Å². The molecule has 0 radical (unpaired) electrons. The normalized spacial score (nSPS) is 10.6. The van der Waals surface area contributed by atoms with Crippen LogP contribution in [0.15, 0.2) is 4.52 Å². The molecule has 0 spiro atoms. The molecular weight excluding hydrogens is 170 g/mol. The molecule has 1 N–H and O–H groups in total. The van der Waals surface area contributed by atoms with Crippen molar-refractivity contribution in [3.63, 3.8) is 0 Å². The lowest BCUT2D eigenvalue weighted by Crippen LogP contribution is -2.11. The van der Waals surface area contributed by atoms with Crippen LogP contribution in [0, 0.1) is 0 Å². The second kappa shape index (κ2) is 5.66. The van der Waals surface area contributed by atoms with E-state index in [0.29, 0.717) is 19.1 Å². The zero-order valence-corrected chi connectivity index (χ0v) is 8.04. The highest BCUT2D eigenvalue weighted by molar-refractivity contribution is 4.85. The molecule has 0 saturated heterocycles. The molecule has 0 atom stereocenters. The second-order valence-corrected chi connectivity index (χ2v) is 2.60. The fourth-order valence-electron chi connectivity index (χ4n) is 0.876. The average Bonchev–Trinajstić information content (AvgIpc) is 2.59. The highest BCUT2D eigenvalue weighted by Crippen LogP contribution is 1.99. The number of hydrogen-bond donors (Lipinski definition) is 1. The van der Waals surface area contributed by atoms with Crippen LogP contribution in [-0.2, 0) is 17.8 Å². The highest BCUT2D eigenvalue weighted by atomic mass is 16.5. The summed E-state index contributed by atoms with van der Waals surface area (Å²) in [7, 11) is 1.89. The van der Waals surface area contributed by atoms with E-state index < -0.39 is 0 Å². The van der Waals surface area contributed by atoms with Crippen LogP contribution in [0.25, 0.3) is 0 Å². The van der Waals surface area contributed by atoms with Crippen LogP contribution in [-0.4, -0.2) is 30.3 Å². The van der Waals surface area contributed by atoms with Crippen LogP contribution in [0.4, 0.5) is 0 Å². The van der Waals surface area contributed by atoms with Crippen molar-refractivity contribution in [2.24, 2.45) is 0 Å². The molecule has 1 rings (SSSR count). The minimum atomic E-state index is 0.406. The van der Waals surface area contributed by atoms with E-state index in [0.717, 1.165) is 18.8 Å². The van der Waals surface area contributed by atoms with Gasteiger partial charge in [-0.15, -0.1) is 0 Å². The summed E-state index contributed by atoms with van der Waals surface area (Å²) < 4.78 is 10.1. The van der Waals surface area contributed by atoms with Crippen molar-refractivity contribution in [3.05, 3.63) is 11.7 Å². The maximum atomic E-state index is 5.13. The Balaban J connectivity index is 2.34. The van der Waals surface area contributed by atoms with E-state index in [2.05, 4.69) is 15.5 Å². The Labute approximate surface area is 77.5 Å². The molecule has 0 aliphatic heterocycles. The van der Waals surface area contributed by atoms with E-state index in [1.54, 1.807) is 0 Å². The number of rotatable bonds is 6. The van der Waals surface area contributed by atoms with Gasteiger partial charge in [-0.3, -0.25) is 0 Å². The van der Waals surface area contributed by atoms with Crippen LogP contribution in [0.1, 0.15) is 18.6 Å². The fourth-order valence-corrected chi connectivity index (χ4v) is 0.876. The molecule has 1 heterocycles. The van der Waals surface area contributed by atoms with E-state index in [9.17, 15) is 0 Å². The summed E-state index contributed by atoms with van der Waals surface area (Å²) in [6.45, 7) is 3.85.